The van der Waals surface area contributed by atoms with E-state index in [1.807, 2.05) is 13.8 Å². The molecule has 2 N–H and O–H groups in total. The first-order valence-corrected chi connectivity index (χ1v) is 7.68. The zero-order chi connectivity index (χ0) is 14.0. The van der Waals surface area contributed by atoms with Crippen LogP contribution in [0.4, 0.5) is 0 Å². The van der Waals surface area contributed by atoms with Gasteiger partial charge in [-0.2, -0.15) is 4.31 Å². The number of aromatic nitrogens is 1. The van der Waals surface area contributed by atoms with Crippen LogP contribution in [0.1, 0.15) is 19.5 Å². The summed E-state index contributed by atoms with van der Waals surface area (Å²) in [5, 5.41) is 0. The van der Waals surface area contributed by atoms with Crippen LogP contribution in [-0.4, -0.2) is 43.0 Å². The van der Waals surface area contributed by atoms with Crippen molar-refractivity contribution in [2.45, 2.75) is 37.4 Å². The number of ether oxygens (including phenoxy) is 1. The molecular weight excluding hydrogens is 266 g/mol. The Bertz CT molecular complexity index is 547. The zero-order valence-corrected chi connectivity index (χ0v) is 11.9. The second-order valence-corrected chi connectivity index (χ2v) is 6.58. The van der Waals surface area contributed by atoms with E-state index in [2.05, 4.69) is 4.98 Å². The number of hydrogen-bond acceptors (Lipinski definition) is 5. The van der Waals surface area contributed by atoms with Gasteiger partial charge in [0, 0.05) is 25.3 Å². The number of sulfonamides is 1. The maximum Gasteiger partial charge on any atom is 0.245 e. The summed E-state index contributed by atoms with van der Waals surface area (Å²) < 4.78 is 32.3. The molecule has 0 aromatic carbocycles. The van der Waals surface area contributed by atoms with Gasteiger partial charge in [0.1, 0.15) is 4.90 Å². The Morgan fingerprint density at radius 1 is 1.53 bits per heavy atom. The standard InChI is InChI=1S/C12H19N3O3S/c1-9-8-18-10(2)7-15(9)19(16,17)12-4-3-5-14-11(12)6-13/h3-5,9-10H,6-8,13H2,1-2H3. The van der Waals surface area contributed by atoms with E-state index in [0.29, 0.717) is 18.8 Å². The van der Waals surface area contributed by atoms with Gasteiger partial charge in [-0.05, 0) is 26.0 Å². The third-order valence-corrected chi connectivity index (χ3v) is 5.23. The number of pyridine rings is 1. The Hall–Kier alpha value is -1.02. The first-order chi connectivity index (χ1) is 8.96. The molecule has 7 heteroatoms. The Morgan fingerprint density at radius 3 is 2.95 bits per heavy atom. The second-order valence-electron chi connectivity index (χ2n) is 4.72. The summed E-state index contributed by atoms with van der Waals surface area (Å²) in [5.74, 6) is 0. The monoisotopic (exact) mass is 285 g/mol. The molecule has 1 aromatic heterocycles. The van der Waals surface area contributed by atoms with E-state index in [1.54, 1.807) is 18.3 Å². The van der Waals surface area contributed by atoms with Gasteiger partial charge in [0.2, 0.25) is 10.0 Å². The van der Waals surface area contributed by atoms with Crippen LogP contribution in [0.25, 0.3) is 0 Å². The summed E-state index contributed by atoms with van der Waals surface area (Å²) in [5.41, 5.74) is 5.97. The van der Waals surface area contributed by atoms with Crippen molar-refractivity contribution < 1.29 is 13.2 Å². The molecule has 1 aromatic rings. The van der Waals surface area contributed by atoms with E-state index in [0.717, 1.165) is 0 Å². The van der Waals surface area contributed by atoms with Crippen LogP contribution in [0.3, 0.4) is 0 Å². The molecule has 0 amide bonds. The predicted molar refractivity (Wildman–Crippen MR) is 70.9 cm³/mol. The summed E-state index contributed by atoms with van der Waals surface area (Å²) in [6.45, 7) is 4.55. The fraction of sp³-hybridized carbons (Fsp3) is 0.583. The quantitative estimate of drug-likeness (QED) is 0.865. The van der Waals surface area contributed by atoms with Crippen molar-refractivity contribution in [1.82, 2.24) is 9.29 Å². The summed E-state index contributed by atoms with van der Waals surface area (Å²) in [4.78, 5) is 4.23. The van der Waals surface area contributed by atoms with Gasteiger partial charge < -0.3 is 10.5 Å². The van der Waals surface area contributed by atoms with Crippen LogP contribution in [-0.2, 0) is 21.3 Å². The van der Waals surface area contributed by atoms with Gasteiger partial charge in [-0.25, -0.2) is 8.42 Å². The maximum absolute atomic E-state index is 12.7. The predicted octanol–water partition coefficient (Wildman–Crippen LogP) is 0.338. The van der Waals surface area contributed by atoms with E-state index >= 15 is 0 Å². The van der Waals surface area contributed by atoms with Crippen LogP contribution in [0.2, 0.25) is 0 Å². The lowest BCUT2D eigenvalue weighted by molar-refractivity contribution is -0.0170. The second kappa shape index (κ2) is 5.54. The molecule has 6 nitrogen and oxygen atoms in total. The fourth-order valence-electron chi connectivity index (χ4n) is 2.15. The van der Waals surface area contributed by atoms with Crippen LogP contribution in [0, 0.1) is 0 Å². The molecule has 2 unspecified atom stereocenters. The lowest BCUT2D eigenvalue weighted by Gasteiger charge is -2.35. The van der Waals surface area contributed by atoms with Gasteiger partial charge in [-0.3, -0.25) is 4.98 Å². The van der Waals surface area contributed by atoms with Crippen molar-refractivity contribution in [2.24, 2.45) is 5.73 Å². The molecule has 1 aliphatic heterocycles. The Kier molecular flexibility index (Phi) is 4.19. The van der Waals surface area contributed by atoms with E-state index in [1.165, 1.54) is 4.31 Å². The largest absolute Gasteiger partial charge is 0.375 e. The molecule has 1 aliphatic rings. The highest BCUT2D eigenvalue weighted by atomic mass is 32.2. The van der Waals surface area contributed by atoms with E-state index in [-0.39, 0.29) is 23.6 Å². The van der Waals surface area contributed by atoms with Crippen LogP contribution < -0.4 is 5.73 Å². The molecule has 0 spiro atoms. The van der Waals surface area contributed by atoms with Crippen LogP contribution in [0.5, 0.6) is 0 Å². The summed E-state index contributed by atoms with van der Waals surface area (Å²) in [6, 6.07) is 2.98. The smallest absolute Gasteiger partial charge is 0.245 e. The Morgan fingerprint density at radius 2 is 2.26 bits per heavy atom. The summed E-state index contributed by atoms with van der Waals surface area (Å²) >= 11 is 0. The average molecular weight is 285 g/mol. The Labute approximate surface area is 113 Å². The first-order valence-electron chi connectivity index (χ1n) is 6.24. The molecule has 0 radical (unpaired) electrons. The van der Waals surface area contributed by atoms with E-state index < -0.39 is 10.0 Å². The highest BCUT2D eigenvalue weighted by molar-refractivity contribution is 7.89. The average Bonchev–Trinajstić information content (AvgIpc) is 2.41. The molecular formula is C12H19N3O3S. The number of nitrogens with zero attached hydrogens (tertiary/aromatic N) is 2. The van der Waals surface area contributed by atoms with Crippen molar-refractivity contribution in [2.75, 3.05) is 13.2 Å². The fourth-order valence-corrected chi connectivity index (χ4v) is 4.02. The third-order valence-electron chi connectivity index (χ3n) is 3.18. The molecule has 2 heterocycles. The molecule has 0 bridgehead atoms. The van der Waals surface area contributed by atoms with E-state index in [9.17, 15) is 8.42 Å². The third kappa shape index (κ3) is 2.79. The highest BCUT2D eigenvalue weighted by Gasteiger charge is 2.35. The molecule has 106 valence electrons. The molecule has 19 heavy (non-hydrogen) atoms. The van der Waals surface area contributed by atoms with Gasteiger partial charge in [-0.1, -0.05) is 0 Å². The van der Waals surface area contributed by atoms with Gasteiger partial charge >= 0.3 is 0 Å². The number of hydrogen-bond donors (Lipinski definition) is 1. The molecule has 0 saturated carbocycles. The maximum atomic E-state index is 12.7. The molecule has 2 atom stereocenters. The molecule has 1 saturated heterocycles. The van der Waals surface area contributed by atoms with Crippen molar-refractivity contribution in [1.29, 1.82) is 0 Å². The molecule has 2 rings (SSSR count). The van der Waals surface area contributed by atoms with Crippen molar-refractivity contribution >= 4 is 10.0 Å². The Balaban J connectivity index is 2.41. The highest BCUT2D eigenvalue weighted by Crippen LogP contribution is 2.23. The minimum atomic E-state index is -3.58. The lowest BCUT2D eigenvalue weighted by atomic mass is 10.2. The van der Waals surface area contributed by atoms with Crippen LogP contribution >= 0.6 is 0 Å². The number of nitrogens with two attached hydrogens (primary N) is 1. The van der Waals surface area contributed by atoms with Gasteiger partial charge in [0.25, 0.3) is 0 Å². The van der Waals surface area contributed by atoms with E-state index in [4.69, 9.17) is 10.5 Å². The van der Waals surface area contributed by atoms with Crippen LogP contribution in [0.15, 0.2) is 23.2 Å². The minimum absolute atomic E-state index is 0.101. The first kappa shape index (κ1) is 14.4. The number of morpholine rings is 1. The van der Waals surface area contributed by atoms with Gasteiger partial charge in [0.15, 0.2) is 0 Å². The molecule has 0 aliphatic carbocycles. The van der Waals surface area contributed by atoms with Gasteiger partial charge in [0.05, 0.1) is 18.4 Å². The SMILES string of the molecule is CC1CN(S(=O)(=O)c2cccnc2CN)C(C)CO1. The minimum Gasteiger partial charge on any atom is -0.375 e. The van der Waals surface area contributed by atoms with Gasteiger partial charge in [-0.15, -0.1) is 0 Å². The number of rotatable bonds is 3. The lowest BCUT2D eigenvalue weighted by Crippen LogP contribution is -2.50. The summed E-state index contributed by atoms with van der Waals surface area (Å²) in [7, 11) is -3.58. The molecule has 1 fully saturated rings. The zero-order valence-electron chi connectivity index (χ0n) is 11.1. The van der Waals surface area contributed by atoms with Crippen molar-refractivity contribution in [3.63, 3.8) is 0 Å². The topological polar surface area (TPSA) is 85.5 Å². The summed E-state index contributed by atoms with van der Waals surface area (Å²) in [6.07, 6.45) is 1.44. The van der Waals surface area contributed by atoms with Crippen molar-refractivity contribution in [3.8, 4) is 0 Å². The van der Waals surface area contributed by atoms with Crippen molar-refractivity contribution in [3.05, 3.63) is 24.0 Å². The normalized spacial score (nSPS) is 25.4.